The Morgan fingerprint density at radius 1 is 1.00 bits per heavy atom. The van der Waals surface area contributed by atoms with Gasteiger partial charge in [-0.1, -0.05) is 36.8 Å². The van der Waals surface area contributed by atoms with Crippen molar-refractivity contribution in [3.05, 3.63) is 71.3 Å². The van der Waals surface area contributed by atoms with E-state index in [2.05, 4.69) is 15.3 Å². The Bertz CT molecular complexity index is 1490. The van der Waals surface area contributed by atoms with Gasteiger partial charge in [0.15, 0.2) is 16.8 Å². The minimum absolute atomic E-state index is 0.0429. The number of halogens is 1. The van der Waals surface area contributed by atoms with Crippen LogP contribution in [0.25, 0.3) is 33.6 Å². The van der Waals surface area contributed by atoms with Gasteiger partial charge in [0, 0.05) is 0 Å². The van der Waals surface area contributed by atoms with E-state index in [1.54, 1.807) is 21.3 Å². The van der Waals surface area contributed by atoms with Gasteiger partial charge >= 0.3 is 5.97 Å². The Morgan fingerprint density at radius 3 is 2.39 bits per heavy atom. The zero-order chi connectivity index (χ0) is 23.1. The second kappa shape index (κ2) is 8.09. The SMILES string of the molecule is CCc1nn2c(nnc3c(CC(=O)OC)nn(-c4ccc(C)cc4)c32)c1-c1ccc(F)cc1. The first kappa shape index (κ1) is 20.7. The Labute approximate surface area is 188 Å². The van der Waals surface area contributed by atoms with Gasteiger partial charge < -0.3 is 4.74 Å². The molecular formula is C24H21FN6O2. The van der Waals surface area contributed by atoms with Crippen molar-refractivity contribution in [3.8, 4) is 16.8 Å². The molecular weight excluding hydrogens is 423 g/mol. The number of ether oxygens (including phenoxy) is 1. The van der Waals surface area contributed by atoms with Crippen molar-refractivity contribution in [2.24, 2.45) is 0 Å². The molecule has 0 saturated carbocycles. The number of aryl methyl sites for hydroxylation is 2. The first-order valence-electron chi connectivity index (χ1n) is 10.6. The predicted molar refractivity (Wildman–Crippen MR) is 121 cm³/mol. The second-order valence-corrected chi connectivity index (χ2v) is 7.74. The molecule has 166 valence electrons. The molecule has 0 fully saturated rings. The molecule has 5 rings (SSSR count). The molecule has 0 unspecified atom stereocenters. The van der Waals surface area contributed by atoms with E-state index in [1.807, 2.05) is 38.1 Å². The van der Waals surface area contributed by atoms with Gasteiger partial charge in [0.05, 0.1) is 30.5 Å². The number of carbonyl (C=O) groups excluding carboxylic acids is 1. The van der Waals surface area contributed by atoms with Crippen LogP contribution < -0.4 is 0 Å². The van der Waals surface area contributed by atoms with Crippen LogP contribution in [-0.4, -0.2) is 42.7 Å². The van der Waals surface area contributed by atoms with Crippen molar-refractivity contribution in [1.29, 1.82) is 0 Å². The molecule has 33 heavy (non-hydrogen) atoms. The fraction of sp³-hybridized carbons (Fsp3) is 0.208. The summed E-state index contributed by atoms with van der Waals surface area (Å²) in [5.41, 5.74) is 6.33. The molecule has 0 amide bonds. The Kier molecular flexibility index (Phi) is 5.08. The summed E-state index contributed by atoms with van der Waals surface area (Å²) in [5, 5.41) is 18.4. The highest BCUT2D eigenvalue weighted by atomic mass is 19.1. The van der Waals surface area contributed by atoms with E-state index in [1.165, 1.54) is 19.2 Å². The van der Waals surface area contributed by atoms with E-state index in [4.69, 9.17) is 9.84 Å². The van der Waals surface area contributed by atoms with Crippen LogP contribution in [0.5, 0.6) is 0 Å². The van der Waals surface area contributed by atoms with E-state index in [0.29, 0.717) is 28.9 Å². The summed E-state index contributed by atoms with van der Waals surface area (Å²) in [6, 6.07) is 14.1. The van der Waals surface area contributed by atoms with Gasteiger partial charge in [-0.3, -0.25) is 4.79 Å². The molecule has 8 nitrogen and oxygen atoms in total. The second-order valence-electron chi connectivity index (χ2n) is 7.74. The van der Waals surface area contributed by atoms with Crippen molar-refractivity contribution in [1.82, 2.24) is 29.6 Å². The lowest BCUT2D eigenvalue weighted by Gasteiger charge is -2.05. The number of hydrogen-bond acceptors (Lipinski definition) is 6. The largest absolute Gasteiger partial charge is 0.469 e. The number of hydrogen-bond donors (Lipinski definition) is 0. The van der Waals surface area contributed by atoms with Crippen LogP contribution in [0.1, 0.15) is 23.9 Å². The molecule has 0 N–H and O–H groups in total. The van der Waals surface area contributed by atoms with E-state index in [0.717, 1.165) is 28.1 Å². The summed E-state index contributed by atoms with van der Waals surface area (Å²) in [4.78, 5) is 12.0. The third-order valence-corrected chi connectivity index (χ3v) is 5.57. The average Bonchev–Trinajstić information content (AvgIpc) is 3.38. The number of esters is 1. The van der Waals surface area contributed by atoms with Crippen LogP contribution in [-0.2, 0) is 22.4 Å². The standard InChI is InChI=1S/C24H21FN6O2/c1-4-18-21(15-7-9-16(25)10-8-15)23-27-26-22-19(13-20(32)33-3)29-30(24(22)31(23)28-18)17-11-5-14(2)6-12-17/h5-12H,4,13H2,1-3H3. The van der Waals surface area contributed by atoms with Crippen LogP contribution in [0, 0.1) is 12.7 Å². The zero-order valence-corrected chi connectivity index (χ0v) is 18.4. The van der Waals surface area contributed by atoms with Gasteiger partial charge in [-0.25, -0.2) is 9.07 Å². The summed E-state index contributed by atoms with van der Waals surface area (Å²) < 4.78 is 21.8. The summed E-state index contributed by atoms with van der Waals surface area (Å²) in [6.45, 7) is 4.01. The number of carbonyl (C=O) groups is 1. The summed E-state index contributed by atoms with van der Waals surface area (Å²) in [5.74, 6) is -0.735. The molecule has 0 aliphatic rings. The Morgan fingerprint density at radius 2 is 1.73 bits per heavy atom. The van der Waals surface area contributed by atoms with E-state index < -0.39 is 5.97 Å². The molecule has 9 heteroatoms. The van der Waals surface area contributed by atoms with E-state index in [-0.39, 0.29) is 12.2 Å². The third kappa shape index (κ3) is 3.51. The van der Waals surface area contributed by atoms with Crippen molar-refractivity contribution in [3.63, 3.8) is 0 Å². The normalized spacial score (nSPS) is 11.4. The molecule has 0 saturated heterocycles. The maximum absolute atomic E-state index is 13.5. The van der Waals surface area contributed by atoms with Gasteiger partial charge in [-0.15, -0.1) is 10.2 Å². The number of nitrogens with zero attached hydrogens (tertiary/aromatic N) is 6. The van der Waals surface area contributed by atoms with Gasteiger partial charge in [-0.2, -0.15) is 14.7 Å². The molecule has 5 aromatic rings. The highest BCUT2D eigenvalue weighted by molar-refractivity contribution is 5.87. The van der Waals surface area contributed by atoms with Crippen LogP contribution in [0.4, 0.5) is 4.39 Å². The minimum Gasteiger partial charge on any atom is -0.469 e. The van der Waals surface area contributed by atoms with Crippen LogP contribution in [0.3, 0.4) is 0 Å². The van der Waals surface area contributed by atoms with Gasteiger partial charge in [0.2, 0.25) is 0 Å². The molecule has 0 aliphatic heterocycles. The van der Waals surface area contributed by atoms with Crippen LogP contribution in [0.15, 0.2) is 48.5 Å². The minimum atomic E-state index is -0.422. The van der Waals surface area contributed by atoms with Crippen LogP contribution >= 0.6 is 0 Å². The molecule has 0 atom stereocenters. The summed E-state index contributed by atoms with van der Waals surface area (Å²) >= 11 is 0. The number of aromatic nitrogens is 6. The number of fused-ring (bicyclic) bond motifs is 3. The average molecular weight is 444 g/mol. The highest BCUT2D eigenvalue weighted by Crippen LogP contribution is 2.31. The van der Waals surface area contributed by atoms with Gasteiger partial charge in [0.25, 0.3) is 0 Å². The molecule has 3 aromatic heterocycles. The third-order valence-electron chi connectivity index (χ3n) is 5.57. The Hall–Kier alpha value is -4.14. The smallest absolute Gasteiger partial charge is 0.311 e. The van der Waals surface area contributed by atoms with Gasteiger partial charge in [0.1, 0.15) is 11.5 Å². The van der Waals surface area contributed by atoms with Gasteiger partial charge in [-0.05, 0) is 43.2 Å². The number of benzene rings is 2. The van der Waals surface area contributed by atoms with Crippen molar-refractivity contribution >= 4 is 22.8 Å². The molecule has 0 aliphatic carbocycles. The maximum Gasteiger partial charge on any atom is 0.311 e. The lowest BCUT2D eigenvalue weighted by Crippen LogP contribution is -2.06. The number of rotatable bonds is 5. The van der Waals surface area contributed by atoms with E-state index >= 15 is 0 Å². The van der Waals surface area contributed by atoms with Crippen LogP contribution in [0.2, 0.25) is 0 Å². The van der Waals surface area contributed by atoms with Crippen molar-refractivity contribution in [2.45, 2.75) is 26.7 Å². The fourth-order valence-corrected chi connectivity index (χ4v) is 3.88. The maximum atomic E-state index is 13.5. The lowest BCUT2D eigenvalue weighted by molar-refractivity contribution is -0.139. The number of methoxy groups -OCH3 is 1. The molecule has 3 heterocycles. The first-order valence-corrected chi connectivity index (χ1v) is 10.6. The fourth-order valence-electron chi connectivity index (χ4n) is 3.88. The lowest BCUT2D eigenvalue weighted by atomic mass is 10.0. The monoisotopic (exact) mass is 444 g/mol. The van der Waals surface area contributed by atoms with E-state index in [9.17, 15) is 9.18 Å². The topological polar surface area (TPSA) is 87.2 Å². The molecule has 0 radical (unpaired) electrons. The molecule has 2 aromatic carbocycles. The van der Waals surface area contributed by atoms with Crippen molar-refractivity contribution in [2.75, 3.05) is 7.11 Å². The summed E-state index contributed by atoms with van der Waals surface area (Å²) in [7, 11) is 1.33. The summed E-state index contributed by atoms with van der Waals surface area (Å²) in [6.07, 6.45) is 0.601. The predicted octanol–water partition coefficient (Wildman–Crippen LogP) is 3.86. The molecule has 0 bridgehead atoms. The Balaban J connectivity index is 1.83. The zero-order valence-electron chi connectivity index (χ0n) is 18.4. The van der Waals surface area contributed by atoms with Crippen molar-refractivity contribution < 1.29 is 13.9 Å². The first-order chi connectivity index (χ1) is 16.0. The molecule has 0 spiro atoms. The highest BCUT2D eigenvalue weighted by Gasteiger charge is 2.24. The quantitative estimate of drug-likeness (QED) is 0.383.